The first-order valence-electron chi connectivity index (χ1n) is 6.37. The maximum absolute atomic E-state index is 6.02. The molecule has 1 saturated carbocycles. The molecule has 1 aromatic rings. The van der Waals surface area contributed by atoms with Crippen LogP contribution in [0.5, 0.6) is 0 Å². The lowest BCUT2D eigenvalue weighted by Crippen LogP contribution is -2.50. The molecule has 2 heterocycles. The van der Waals surface area contributed by atoms with Gasteiger partial charge in [0.05, 0.1) is 0 Å². The Balaban J connectivity index is 1.88. The van der Waals surface area contributed by atoms with Gasteiger partial charge in [-0.25, -0.2) is 0 Å². The molecular weight excluding hydrogens is 232 g/mol. The molecule has 1 unspecified atom stereocenters. The van der Waals surface area contributed by atoms with Crippen LogP contribution < -0.4 is 10.6 Å². The number of nitrogen functional groups attached to an aromatic ring is 1. The van der Waals surface area contributed by atoms with E-state index in [9.17, 15) is 0 Å². The average Bonchev–Trinajstić information content (AvgIpc) is 3.03. The highest BCUT2D eigenvalue weighted by atomic mass is 32.1. The van der Waals surface area contributed by atoms with Crippen molar-refractivity contribution in [2.24, 2.45) is 0 Å². The predicted molar refractivity (Wildman–Crippen MR) is 72.8 cm³/mol. The first-order chi connectivity index (χ1) is 8.16. The Labute approximate surface area is 107 Å². The van der Waals surface area contributed by atoms with E-state index < -0.39 is 0 Å². The molecule has 0 bridgehead atoms. The summed E-state index contributed by atoms with van der Waals surface area (Å²) in [6.07, 6.45) is 2.58. The van der Waals surface area contributed by atoms with E-state index in [1.165, 1.54) is 23.4 Å². The molecule has 1 aliphatic carbocycles. The molecule has 1 aromatic heterocycles. The predicted octanol–water partition coefficient (Wildman–Crippen LogP) is 1.74. The standard InChI is InChI=1S/C12H20N4S/c1-8-7-15(2)5-6-16(8)12-10(9-3-4-9)11(13)14-17-12/h8-9H,3-7H2,1-2H3,(H2,13,14). The van der Waals surface area contributed by atoms with Gasteiger partial charge in [-0.2, -0.15) is 4.37 Å². The fourth-order valence-corrected chi connectivity index (χ4v) is 3.73. The van der Waals surface area contributed by atoms with Gasteiger partial charge >= 0.3 is 0 Å². The van der Waals surface area contributed by atoms with Crippen LogP contribution in [0.4, 0.5) is 10.8 Å². The summed E-state index contributed by atoms with van der Waals surface area (Å²) in [5.41, 5.74) is 7.36. The second-order valence-corrected chi connectivity index (χ2v) is 6.12. The van der Waals surface area contributed by atoms with Crippen LogP contribution in [0.3, 0.4) is 0 Å². The first kappa shape index (κ1) is 11.3. The third kappa shape index (κ3) is 2.02. The van der Waals surface area contributed by atoms with Crippen molar-refractivity contribution in [2.75, 3.05) is 37.3 Å². The van der Waals surface area contributed by atoms with Crippen LogP contribution >= 0.6 is 11.5 Å². The molecule has 1 saturated heterocycles. The first-order valence-corrected chi connectivity index (χ1v) is 7.14. The summed E-state index contributed by atoms with van der Waals surface area (Å²) in [5, 5.41) is 1.34. The fourth-order valence-electron chi connectivity index (χ4n) is 2.70. The molecule has 0 spiro atoms. The number of anilines is 2. The van der Waals surface area contributed by atoms with Gasteiger partial charge < -0.3 is 15.5 Å². The van der Waals surface area contributed by atoms with Gasteiger partial charge in [-0.15, -0.1) is 0 Å². The SMILES string of the molecule is CC1CN(C)CCN1c1snc(N)c1C1CC1. The zero-order valence-electron chi connectivity index (χ0n) is 10.5. The quantitative estimate of drug-likeness (QED) is 0.871. The monoisotopic (exact) mass is 252 g/mol. The zero-order valence-corrected chi connectivity index (χ0v) is 11.3. The summed E-state index contributed by atoms with van der Waals surface area (Å²) in [7, 11) is 2.19. The summed E-state index contributed by atoms with van der Waals surface area (Å²) >= 11 is 1.59. The van der Waals surface area contributed by atoms with Crippen LogP contribution in [-0.4, -0.2) is 42.0 Å². The van der Waals surface area contributed by atoms with E-state index in [1.54, 1.807) is 11.5 Å². The molecule has 1 aliphatic heterocycles. The van der Waals surface area contributed by atoms with Crippen LogP contribution in [0.15, 0.2) is 0 Å². The largest absolute Gasteiger partial charge is 0.383 e. The number of aromatic nitrogens is 1. The highest BCUT2D eigenvalue weighted by Crippen LogP contribution is 2.49. The average molecular weight is 252 g/mol. The van der Waals surface area contributed by atoms with E-state index >= 15 is 0 Å². The van der Waals surface area contributed by atoms with Crippen molar-refractivity contribution in [1.29, 1.82) is 0 Å². The van der Waals surface area contributed by atoms with E-state index in [4.69, 9.17) is 5.73 Å². The van der Waals surface area contributed by atoms with E-state index in [2.05, 4.69) is 28.1 Å². The second kappa shape index (κ2) is 4.14. The maximum atomic E-state index is 6.02. The Hall–Kier alpha value is -0.810. The van der Waals surface area contributed by atoms with Crippen LogP contribution in [0.1, 0.15) is 31.2 Å². The highest BCUT2D eigenvalue weighted by molar-refractivity contribution is 7.10. The van der Waals surface area contributed by atoms with Gasteiger partial charge in [-0.3, -0.25) is 0 Å². The number of nitrogens with zero attached hydrogens (tertiary/aromatic N) is 3. The Morgan fingerprint density at radius 3 is 2.76 bits per heavy atom. The van der Waals surface area contributed by atoms with Gasteiger partial charge in [0.15, 0.2) is 0 Å². The molecule has 4 nitrogen and oxygen atoms in total. The highest BCUT2D eigenvalue weighted by Gasteiger charge is 2.34. The van der Waals surface area contributed by atoms with E-state index in [-0.39, 0.29) is 0 Å². The van der Waals surface area contributed by atoms with Gasteiger partial charge in [0.1, 0.15) is 10.8 Å². The minimum Gasteiger partial charge on any atom is -0.383 e. The van der Waals surface area contributed by atoms with Crippen LogP contribution in [0, 0.1) is 0 Å². The zero-order chi connectivity index (χ0) is 12.0. The van der Waals surface area contributed by atoms with Crippen LogP contribution in [0.2, 0.25) is 0 Å². The lowest BCUT2D eigenvalue weighted by Gasteiger charge is -2.39. The molecule has 0 radical (unpaired) electrons. The smallest absolute Gasteiger partial charge is 0.142 e. The normalized spacial score (nSPS) is 26.5. The molecule has 3 rings (SSSR count). The minimum atomic E-state index is 0.561. The van der Waals surface area contributed by atoms with Gasteiger partial charge in [0.25, 0.3) is 0 Å². The van der Waals surface area contributed by atoms with E-state index in [1.807, 2.05) is 0 Å². The van der Waals surface area contributed by atoms with Gasteiger partial charge in [-0.1, -0.05) is 0 Å². The van der Waals surface area contributed by atoms with E-state index in [0.29, 0.717) is 12.0 Å². The van der Waals surface area contributed by atoms with E-state index in [0.717, 1.165) is 25.5 Å². The van der Waals surface area contributed by atoms with Gasteiger partial charge in [0.2, 0.25) is 0 Å². The number of piperazine rings is 1. The molecule has 0 amide bonds. The van der Waals surface area contributed by atoms with Crippen LogP contribution in [-0.2, 0) is 0 Å². The molecule has 0 aromatic carbocycles. The second-order valence-electron chi connectivity index (χ2n) is 5.37. The van der Waals surface area contributed by atoms with Crippen molar-refractivity contribution in [3.05, 3.63) is 5.56 Å². The number of likely N-dealkylation sites (N-methyl/N-ethyl adjacent to an activating group) is 1. The van der Waals surface area contributed by atoms with Crippen molar-refractivity contribution < 1.29 is 0 Å². The van der Waals surface area contributed by atoms with Crippen molar-refractivity contribution in [2.45, 2.75) is 31.7 Å². The third-order valence-corrected chi connectivity index (χ3v) is 4.73. The number of rotatable bonds is 2. The molecule has 2 N–H and O–H groups in total. The van der Waals surface area contributed by atoms with Crippen molar-refractivity contribution in [3.63, 3.8) is 0 Å². The van der Waals surface area contributed by atoms with Gasteiger partial charge in [0, 0.05) is 31.2 Å². The maximum Gasteiger partial charge on any atom is 0.142 e. The topological polar surface area (TPSA) is 45.4 Å². The summed E-state index contributed by atoms with van der Waals surface area (Å²) in [5.74, 6) is 1.47. The van der Waals surface area contributed by atoms with Gasteiger partial charge in [-0.05, 0) is 44.3 Å². The summed E-state index contributed by atoms with van der Waals surface area (Å²) in [4.78, 5) is 4.89. The summed E-state index contributed by atoms with van der Waals surface area (Å²) in [6, 6.07) is 0.561. The Kier molecular flexibility index (Phi) is 2.75. The third-order valence-electron chi connectivity index (χ3n) is 3.81. The molecule has 17 heavy (non-hydrogen) atoms. The summed E-state index contributed by atoms with van der Waals surface area (Å²) < 4.78 is 4.37. The molecule has 2 fully saturated rings. The Morgan fingerprint density at radius 1 is 1.35 bits per heavy atom. The number of hydrogen-bond acceptors (Lipinski definition) is 5. The van der Waals surface area contributed by atoms with Crippen molar-refractivity contribution >= 4 is 22.4 Å². The molecule has 1 atom stereocenters. The minimum absolute atomic E-state index is 0.561. The lowest BCUT2D eigenvalue weighted by molar-refractivity contribution is 0.276. The Bertz CT molecular complexity index is 413. The number of nitrogens with two attached hydrogens (primary N) is 1. The summed E-state index contributed by atoms with van der Waals surface area (Å²) in [6.45, 7) is 5.65. The lowest BCUT2D eigenvalue weighted by atomic mass is 10.1. The molecule has 5 heteroatoms. The van der Waals surface area contributed by atoms with Crippen LogP contribution in [0.25, 0.3) is 0 Å². The number of hydrogen-bond donors (Lipinski definition) is 1. The fraction of sp³-hybridized carbons (Fsp3) is 0.750. The molecule has 94 valence electrons. The molecule has 2 aliphatic rings. The molecular formula is C12H20N4S. The van der Waals surface area contributed by atoms with Crippen molar-refractivity contribution in [1.82, 2.24) is 9.27 Å². The van der Waals surface area contributed by atoms with Crippen molar-refractivity contribution in [3.8, 4) is 0 Å². The Morgan fingerprint density at radius 2 is 2.12 bits per heavy atom.